The van der Waals surface area contributed by atoms with Crippen LogP contribution >= 0.6 is 27.7 Å². The SMILES string of the molecule is CCCCn1c(=O)[nH]c(=O)c2c1nc(CSc1ccc(Br)cc1)n2CC. The van der Waals surface area contributed by atoms with Crippen LogP contribution in [0.2, 0.25) is 0 Å². The molecule has 0 aliphatic heterocycles. The average Bonchev–Trinajstić information content (AvgIpc) is 3.00. The molecule has 3 rings (SSSR count). The van der Waals surface area contributed by atoms with E-state index in [9.17, 15) is 9.59 Å². The number of fused-ring (bicyclic) bond motifs is 1. The molecule has 0 spiro atoms. The molecule has 0 atom stereocenters. The Balaban J connectivity index is 2.02. The molecule has 2 heterocycles. The number of nitrogens with zero attached hydrogens (tertiary/aromatic N) is 3. The molecule has 1 aromatic carbocycles. The number of unbranched alkanes of at least 4 members (excludes halogenated alkanes) is 1. The highest BCUT2D eigenvalue weighted by Crippen LogP contribution is 2.25. The Morgan fingerprint density at radius 3 is 2.54 bits per heavy atom. The second kappa shape index (κ2) is 8.26. The molecule has 3 aromatic rings. The lowest BCUT2D eigenvalue weighted by molar-refractivity contribution is 0.613. The fraction of sp³-hybridized carbons (Fsp3) is 0.389. The van der Waals surface area contributed by atoms with Crippen LogP contribution < -0.4 is 11.2 Å². The fourth-order valence-electron chi connectivity index (χ4n) is 2.87. The van der Waals surface area contributed by atoms with Crippen LogP contribution in [0, 0.1) is 0 Å². The number of H-pyrrole nitrogens is 1. The second-order valence-corrected chi connectivity index (χ2v) is 7.92. The molecule has 0 bridgehead atoms. The van der Waals surface area contributed by atoms with Crippen molar-refractivity contribution in [1.82, 2.24) is 19.1 Å². The molecular weight excluding hydrogens is 416 g/mol. The summed E-state index contributed by atoms with van der Waals surface area (Å²) < 4.78 is 4.52. The summed E-state index contributed by atoms with van der Waals surface area (Å²) >= 11 is 5.09. The van der Waals surface area contributed by atoms with Gasteiger partial charge in [-0.15, -0.1) is 11.8 Å². The van der Waals surface area contributed by atoms with E-state index in [1.807, 2.05) is 35.8 Å². The summed E-state index contributed by atoms with van der Waals surface area (Å²) in [6.07, 6.45) is 1.83. The van der Waals surface area contributed by atoms with E-state index in [2.05, 4.69) is 32.8 Å². The highest BCUT2D eigenvalue weighted by atomic mass is 79.9. The Morgan fingerprint density at radius 2 is 1.88 bits per heavy atom. The molecule has 0 aliphatic rings. The lowest BCUT2D eigenvalue weighted by Gasteiger charge is -2.06. The van der Waals surface area contributed by atoms with E-state index in [-0.39, 0.29) is 11.2 Å². The van der Waals surface area contributed by atoms with Crippen molar-refractivity contribution in [2.75, 3.05) is 0 Å². The topological polar surface area (TPSA) is 72.7 Å². The van der Waals surface area contributed by atoms with Gasteiger partial charge in [-0.1, -0.05) is 29.3 Å². The third-order valence-electron chi connectivity index (χ3n) is 4.20. The third kappa shape index (κ3) is 3.81. The Morgan fingerprint density at radius 1 is 1.15 bits per heavy atom. The van der Waals surface area contributed by atoms with E-state index >= 15 is 0 Å². The molecule has 0 radical (unpaired) electrons. The molecule has 0 fully saturated rings. The summed E-state index contributed by atoms with van der Waals surface area (Å²) in [4.78, 5) is 32.8. The van der Waals surface area contributed by atoms with Crippen molar-refractivity contribution < 1.29 is 0 Å². The van der Waals surface area contributed by atoms with Crippen molar-refractivity contribution in [3.05, 3.63) is 55.4 Å². The summed E-state index contributed by atoms with van der Waals surface area (Å²) in [5.74, 6) is 1.43. The zero-order valence-electron chi connectivity index (χ0n) is 14.8. The van der Waals surface area contributed by atoms with Crippen LogP contribution in [0.5, 0.6) is 0 Å². The zero-order valence-corrected chi connectivity index (χ0v) is 17.2. The summed E-state index contributed by atoms with van der Waals surface area (Å²) in [5, 5.41) is 0. The van der Waals surface area contributed by atoms with E-state index in [0.717, 1.165) is 28.0 Å². The molecule has 0 saturated heterocycles. The number of rotatable bonds is 7. The van der Waals surface area contributed by atoms with Gasteiger partial charge in [0.05, 0.1) is 5.75 Å². The van der Waals surface area contributed by atoms with Crippen LogP contribution in [0.3, 0.4) is 0 Å². The Bertz CT molecular complexity index is 1020. The van der Waals surface area contributed by atoms with Gasteiger partial charge < -0.3 is 4.57 Å². The van der Waals surface area contributed by atoms with Crippen molar-refractivity contribution in [3.8, 4) is 0 Å². The Kier molecular flexibility index (Phi) is 6.03. The Labute approximate surface area is 163 Å². The molecular formula is C18H21BrN4O2S. The van der Waals surface area contributed by atoms with E-state index in [1.54, 1.807) is 16.3 Å². The quantitative estimate of drug-likeness (QED) is 0.572. The van der Waals surface area contributed by atoms with Crippen LogP contribution in [0.25, 0.3) is 11.2 Å². The molecule has 6 nitrogen and oxygen atoms in total. The maximum Gasteiger partial charge on any atom is 0.330 e. The lowest BCUT2D eigenvalue weighted by atomic mass is 10.3. The predicted octanol–water partition coefficient (Wildman–Crippen LogP) is 3.76. The van der Waals surface area contributed by atoms with E-state index in [0.29, 0.717) is 30.0 Å². The molecule has 138 valence electrons. The number of imidazole rings is 1. The second-order valence-electron chi connectivity index (χ2n) is 5.95. The van der Waals surface area contributed by atoms with Gasteiger partial charge in [0.15, 0.2) is 11.2 Å². The van der Waals surface area contributed by atoms with Gasteiger partial charge in [0.25, 0.3) is 5.56 Å². The van der Waals surface area contributed by atoms with Gasteiger partial charge in [0.2, 0.25) is 0 Å². The normalized spacial score (nSPS) is 11.3. The average molecular weight is 437 g/mol. The van der Waals surface area contributed by atoms with E-state index in [1.165, 1.54) is 0 Å². The number of aromatic nitrogens is 4. The minimum atomic E-state index is -0.385. The lowest BCUT2D eigenvalue weighted by Crippen LogP contribution is -2.31. The molecule has 2 aromatic heterocycles. The molecule has 0 amide bonds. The number of benzene rings is 1. The van der Waals surface area contributed by atoms with Crippen molar-refractivity contribution in [2.24, 2.45) is 0 Å². The first-order chi connectivity index (χ1) is 12.5. The minimum absolute atomic E-state index is 0.369. The molecule has 8 heteroatoms. The number of hydrogen-bond donors (Lipinski definition) is 1. The van der Waals surface area contributed by atoms with Crippen LogP contribution in [-0.4, -0.2) is 19.1 Å². The number of nitrogens with one attached hydrogen (secondary N) is 1. The van der Waals surface area contributed by atoms with Crippen LogP contribution in [0.1, 0.15) is 32.5 Å². The van der Waals surface area contributed by atoms with E-state index in [4.69, 9.17) is 0 Å². The molecule has 0 aliphatic carbocycles. The first-order valence-corrected chi connectivity index (χ1v) is 10.4. The highest BCUT2D eigenvalue weighted by Gasteiger charge is 2.17. The zero-order chi connectivity index (χ0) is 18.7. The van der Waals surface area contributed by atoms with Crippen molar-refractivity contribution in [3.63, 3.8) is 0 Å². The molecule has 0 saturated carbocycles. The smallest absolute Gasteiger partial charge is 0.322 e. The highest BCUT2D eigenvalue weighted by molar-refractivity contribution is 9.10. The third-order valence-corrected chi connectivity index (χ3v) is 5.73. The van der Waals surface area contributed by atoms with Crippen molar-refractivity contribution in [2.45, 2.75) is 50.4 Å². The summed E-state index contributed by atoms with van der Waals surface area (Å²) in [5.41, 5.74) is 0.214. The van der Waals surface area contributed by atoms with Crippen molar-refractivity contribution in [1.29, 1.82) is 0 Å². The largest absolute Gasteiger partial charge is 0.330 e. The summed E-state index contributed by atoms with van der Waals surface area (Å²) in [6, 6.07) is 8.08. The summed E-state index contributed by atoms with van der Waals surface area (Å²) in [6.45, 7) is 5.24. The molecule has 26 heavy (non-hydrogen) atoms. The summed E-state index contributed by atoms with van der Waals surface area (Å²) in [7, 11) is 0. The monoisotopic (exact) mass is 436 g/mol. The van der Waals surface area contributed by atoms with Crippen LogP contribution in [0.15, 0.2) is 43.2 Å². The van der Waals surface area contributed by atoms with Crippen LogP contribution in [0.4, 0.5) is 0 Å². The Hall–Kier alpha value is -1.80. The van der Waals surface area contributed by atoms with Gasteiger partial charge >= 0.3 is 5.69 Å². The first-order valence-electron chi connectivity index (χ1n) is 8.65. The van der Waals surface area contributed by atoms with Gasteiger partial charge in [-0.3, -0.25) is 14.3 Å². The maximum absolute atomic E-state index is 12.4. The number of aromatic amines is 1. The number of halogens is 1. The van der Waals surface area contributed by atoms with Crippen molar-refractivity contribution >= 4 is 38.9 Å². The number of hydrogen-bond acceptors (Lipinski definition) is 4. The van der Waals surface area contributed by atoms with Gasteiger partial charge in [-0.2, -0.15) is 0 Å². The standard InChI is InChI=1S/C18H21BrN4O2S/c1-3-5-10-23-16-15(17(24)21-18(23)25)22(4-2)14(20-16)11-26-13-8-6-12(19)7-9-13/h6-9H,3-5,10-11H2,1-2H3,(H,21,24,25). The van der Waals surface area contributed by atoms with Gasteiger partial charge in [0, 0.05) is 22.5 Å². The van der Waals surface area contributed by atoms with Gasteiger partial charge in [-0.05, 0) is 37.6 Å². The predicted molar refractivity (Wildman–Crippen MR) is 109 cm³/mol. The first kappa shape index (κ1) is 19.0. The number of thioether (sulfide) groups is 1. The molecule has 0 unspecified atom stereocenters. The number of aryl methyl sites for hydroxylation is 2. The van der Waals surface area contributed by atoms with Gasteiger partial charge in [-0.25, -0.2) is 9.78 Å². The van der Waals surface area contributed by atoms with Crippen LogP contribution in [-0.2, 0) is 18.8 Å². The maximum atomic E-state index is 12.4. The van der Waals surface area contributed by atoms with Gasteiger partial charge in [0.1, 0.15) is 5.82 Å². The van der Waals surface area contributed by atoms with E-state index < -0.39 is 0 Å². The minimum Gasteiger partial charge on any atom is -0.322 e. The fourth-order valence-corrected chi connectivity index (χ4v) is 3.98. The molecule has 1 N–H and O–H groups in total.